The van der Waals surface area contributed by atoms with Crippen LogP contribution in [-0.2, 0) is 9.05 Å². The van der Waals surface area contributed by atoms with Crippen LogP contribution in [0.3, 0.4) is 0 Å². The number of ether oxygens (including phenoxy) is 1. The lowest BCUT2D eigenvalue weighted by Crippen LogP contribution is -2.01. The molecule has 0 unspecified atom stereocenters. The summed E-state index contributed by atoms with van der Waals surface area (Å²) in [6.07, 6.45) is 1.31. The summed E-state index contributed by atoms with van der Waals surface area (Å²) in [5, 5.41) is 0. The van der Waals surface area contributed by atoms with Gasteiger partial charge in [-0.05, 0) is 18.2 Å². The molecule has 17 heavy (non-hydrogen) atoms. The van der Waals surface area contributed by atoms with Gasteiger partial charge in [-0.2, -0.15) is 0 Å². The Morgan fingerprint density at radius 3 is 2.24 bits per heavy atom. The molecule has 0 fully saturated rings. The minimum atomic E-state index is -4.19. The molecule has 0 saturated carbocycles. The van der Waals surface area contributed by atoms with Crippen molar-refractivity contribution in [3.05, 3.63) is 35.4 Å². The van der Waals surface area contributed by atoms with E-state index in [9.17, 15) is 17.2 Å². The van der Waals surface area contributed by atoms with Crippen LogP contribution in [-0.4, -0.2) is 15.0 Å². The van der Waals surface area contributed by atoms with Crippen molar-refractivity contribution in [1.29, 1.82) is 0 Å². The van der Waals surface area contributed by atoms with Gasteiger partial charge in [-0.3, -0.25) is 0 Å². The first kappa shape index (κ1) is 14.2. The average molecular weight is 303 g/mol. The van der Waals surface area contributed by atoms with Crippen LogP contribution in [0, 0.1) is 11.6 Å². The van der Waals surface area contributed by atoms with Gasteiger partial charge in [0.1, 0.15) is 6.61 Å². The lowest BCUT2D eigenvalue weighted by Gasteiger charge is -2.07. The molecule has 0 radical (unpaired) electrons. The molecule has 0 bridgehead atoms. The highest BCUT2D eigenvalue weighted by atomic mass is 35.7. The van der Waals surface area contributed by atoms with Crippen molar-refractivity contribution in [3.63, 3.8) is 0 Å². The highest BCUT2D eigenvalue weighted by Gasteiger charge is 2.18. The van der Waals surface area contributed by atoms with Gasteiger partial charge in [0.25, 0.3) is 9.05 Å². The second-order valence-corrected chi connectivity index (χ2v) is 5.64. The molecular weight excluding hydrogens is 297 g/mol. The maximum atomic E-state index is 13.3. The van der Waals surface area contributed by atoms with Gasteiger partial charge < -0.3 is 4.74 Å². The number of benzene rings is 1. The summed E-state index contributed by atoms with van der Waals surface area (Å²) >= 11 is 5.19. The number of hydrogen-bond donors (Lipinski definition) is 0. The summed E-state index contributed by atoms with van der Waals surface area (Å²) in [4.78, 5) is -0.672. The first-order chi connectivity index (χ1) is 7.86. The van der Waals surface area contributed by atoms with E-state index in [4.69, 9.17) is 27.0 Å². The van der Waals surface area contributed by atoms with Gasteiger partial charge in [-0.15, -0.1) is 0 Å². The molecule has 1 rings (SSSR count). The van der Waals surface area contributed by atoms with Gasteiger partial charge in [0.15, 0.2) is 17.4 Å². The zero-order chi connectivity index (χ0) is 13.1. The molecule has 0 amide bonds. The van der Waals surface area contributed by atoms with Crippen molar-refractivity contribution in [2.45, 2.75) is 4.90 Å². The van der Waals surface area contributed by atoms with Crippen LogP contribution in [0.5, 0.6) is 5.75 Å². The van der Waals surface area contributed by atoms with Crippen molar-refractivity contribution < 1.29 is 21.9 Å². The summed E-state index contributed by atoms with van der Waals surface area (Å²) in [6, 6.07) is 1.15. The Bertz CT molecular complexity index is 520. The fraction of sp³-hybridized carbons (Fsp3) is 0.111. The molecule has 0 heterocycles. The first-order valence-electron chi connectivity index (χ1n) is 4.18. The van der Waals surface area contributed by atoms with Crippen LogP contribution in [0.25, 0.3) is 0 Å². The van der Waals surface area contributed by atoms with Gasteiger partial charge in [-0.1, -0.05) is 11.6 Å². The normalized spacial score (nSPS) is 12.0. The second kappa shape index (κ2) is 5.66. The zero-order valence-electron chi connectivity index (χ0n) is 8.16. The number of halogens is 4. The molecule has 3 nitrogen and oxygen atoms in total. The third-order valence-electron chi connectivity index (χ3n) is 1.67. The summed E-state index contributed by atoms with van der Waals surface area (Å²) in [5.74, 6) is -3.01. The van der Waals surface area contributed by atoms with Crippen LogP contribution < -0.4 is 4.74 Å². The van der Waals surface area contributed by atoms with Crippen molar-refractivity contribution in [1.82, 2.24) is 0 Å². The summed E-state index contributed by atoms with van der Waals surface area (Å²) in [5.41, 5.74) is 1.12. The van der Waals surface area contributed by atoms with E-state index in [1.807, 2.05) is 0 Å². The van der Waals surface area contributed by atoms with E-state index in [1.165, 1.54) is 6.08 Å². The predicted molar refractivity (Wildman–Crippen MR) is 59.9 cm³/mol. The summed E-state index contributed by atoms with van der Waals surface area (Å²) in [6.45, 7) is -0.149. The quantitative estimate of drug-likeness (QED) is 0.803. The minimum Gasteiger partial charge on any atom is -0.483 e. The molecule has 0 aromatic heterocycles. The van der Waals surface area contributed by atoms with Gasteiger partial charge >= 0.3 is 0 Å². The smallest absolute Gasteiger partial charge is 0.261 e. The zero-order valence-corrected chi connectivity index (χ0v) is 10.5. The molecule has 94 valence electrons. The largest absolute Gasteiger partial charge is 0.483 e. The van der Waals surface area contributed by atoms with Gasteiger partial charge in [0.2, 0.25) is 0 Å². The summed E-state index contributed by atoms with van der Waals surface area (Å²) in [7, 11) is 0.763. The molecule has 1 aromatic carbocycles. The monoisotopic (exact) mass is 302 g/mol. The molecule has 0 atom stereocenters. The van der Waals surface area contributed by atoms with E-state index in [1.54, 1.807) is 0 Å². The van der Waals surface area contributed by atoms with Crippen LogP contribution in [0.2, 0.25) is 0 Å². The molecule has 0 N–H and O–H groups in total. The van der Waals surface area contributed by atoms with Crippen molar-refractivity contribution in [2.24, 2.45) is 0 Å². The fourth-order valence-electron chi connectivity index (χ4n) is 0.983. The predicted octanol–water partition coefficient (Wildman–Crippen LogP) is 3.02. The molecule has 8 heteroatoms. The Morgan fingerprint density at radius 1 is 1.29 bits per heavy atom. The van der Waals surface area contributed by atoms with Crippen LogP contribution in [0.15, 0.2) is 28.6 Å². The lowest BCUT2D eigenvalue weighted by molar-refractivity contribution is 0.319. The molecule has 0 aliphatic carbocycles. The van der Waals surface area contributed by atoms with Crippen LogP contribution in [0.1, 0.15) is 0 Å². The third-order valence-corrected chi connectivity index (χ3v) is 3.18. The SMILES string of the molecule is O=S(=O)(Cl)c1cc(F)c(OC/C=C/Cl)c(F)c1. The number of rotatable bonds is 4. The first-order valence-corrected chi connectivity index (χ1v) is 6.92. The molecule has 1 aromatic rings. The second-order valence-electron chi connectivity index (χ2n) is 2.83. The Hall–Kier alpha value is -0.850. The fourth-order valence-corrected chi connectivity index (χ4v) is 1.81. The molecule has 0 saturated heterocycles. The highest BCUT2D eigenvalue weighted by Crippen LogP contribution is 2.27. The third kappa shape index (κ3) is 3.83. The van der Waals surface area contributed by atoms with E-state index < -0.39 is 31.3 Å². The minimum absolute atomic E-state index is 0.149. The van der Waals surface area contributed by atoms with Crippen LogP contribution >= 0.6 is 22.3 Å². The topological polar surface area (TPSA) is 43.4 Å². The highest BCUT2D eigenvalue weighted by molar-refractivity contribution is 8.13. The average Bonchev–Trinajstić information content (AvgIpc) is 2.20. The molecule has 0 aliphatic heterocycles. The Labute approximate surface area is 106 Å². The Balaban J connectivity index is 3.11. The van der Waals surface area contributed by atoms with Crippen molar-refractivity contribution >= 4 is 31.3 Å². The molecular formula is C9H6Cl2F2O3S. The van der Waals surface area contributed by atoms with Crippen molar-refractivity contribution in [3.8, 4) is 5.75 Å². The molecule has 0 aliphatic rings. The van der Waals surface area contributed by atoms with E-state index in [2.05, 4.69) is 0 Å². The van der Waals surface area contributed by atoms with E-state index in [-0.39, 0.29) is 6.61 Å². The van der Waals surface area contributed by atoms with Gasteiger partial charge in [0, 0.05) is 16.2 Å². The number of hydrogen-bond acceptors (Lipinski definition) is 3. The Kier molecular flexibility index (Phi) is 4.73. The van der Waals surface area contributed by atoms with Crippen LogP contribution in [0.4, 0.5) is 8.78 Å². The van der Waals surface area contributed by atoms with E-state index in [0.717, 1.165) is 5.54 Å². The standard InChI is InChI=1S/C9H6Cl2F2O3S/c10-2-1-3-16-9-7(12)4-6(5-8(9)13)17(11,14)15/h1-2,4-5H,3H2/b2-1+. The van der Waals surface area contributed by atoms with Gasteiger partial charge in [-0.25, -0.2) is 17.2 Å². The Morgan fingerprint density at radius 2 is 1.82 bits per heavy atom. The summed E-state index contributed by atoms with van der Waals surface area (Å²) < 4.78 is 53.1. The van der Waals surface area contributed by atoms with Gasteiger partial charge in [0.05, 0.1) is 4.90 Å². The molecule has 0 spiro atoms. The van der Waals surface area contributed by atoms with E-state index in [0.29, 0.717) is 12.1 Å². The lowest BCUT2D eigenvalue weighted by atomic mass is 10.3. The maximum Gasteiger partial charge on any atom is 0.261 e. The maximum absolute atomic E-state index is 13.3. The van der Waals surface area contributed by atoms with Crippen molar-refractivity contribution in [2.75, 3.05) is 6.61 Å². The van der Waals surface area contributed by atoms with E-state index >= 15 is 0 Å².